The lowest BCUT2D eigenvalue weighted by Crippen LogP contribution is -2.26. The van der Waals surface area contributed by atoms with Crippen LogP contribution >= 0.6 is 0 Å². The number of hydrogen-bond donors (Lipinski definition) is 0. The third-order valence-corrected chi connectivity index (χ3v) is 4.31. The number of rotatable bonds is 1. The van der Waals surface area contributed by atoms with Crippen LogP contribution < -0.4 is 4.74 Å². The Bertz CT molecular complexity index is 783. The number of allylic oxidation sites excluding steroid dienone is 4. The van der Waals surface area contributed by atoms with E-state index in [2.05, 4.69) is 12.1 Å². The second-order valence-electron chi connectivity index (χ2n) is 5.27. The van der Waals surface area contributed by atoms with Crippen molar-refractivity contribution in [1.29, 1.82) is 0 Å². The normalized spacial score (nSPS) is 22.9. The summed E-state index contributed by atoms with van der Waals surface area (Å²) in [6.45, 7) is 0. The van der Waals surface area contributed by atoms with E-state index < -0.39 is 0 Å². The number of hydrogen-bond acceptors (Lipinski definition) is 2. The number of ketones is 1. The van der Waals surface area contributed by atoms with Gasteiger partial charge >= 0.3 is 0 Å². The summed E-state index contributed by atoms with van der Waals surface area (Å²) in [6.07, 6.45) is 8.13. The molecule has 0 N–H and O–H groups in total. The summed E-state index contributed by atoms with van der Waals surface area (Å²) in [7, 11) is 1.67. The quantitative estimate of drug-likeness (QED) is 0.779. The molecule has 0 amide bonds. The Morgan fingerprint density at radius 3 is 2.60 bits per heavy atom. The summed E-state index contributed by atoms with van der Waals surface area (Å²) in [4.78, 5) is 12.7. The summed E-state index contributed by atoms with van der Waals surface area (Å²) in [5, 5.41) is 2.08. The lowest BCUT2D eigenvalue weighted by molar-refractivity contribution is 0.0934. The van der Waals surface area contributed by atoms with E-state index in [1.165, 1.54) is 5.56 Å². The van der Waals surface area contributed by atoms with E-state index in [0.717, 1.165) is 22.1 Å². The summed E-state index contributed by atoms with van der Waals surface area (Å²) >= 11 is 0. The van der Waals surface area contributed by atoms with Gasteiger partial charge in [0.05, 0.1) is 13.0 Å². The lowest BCUT2D eigenvalue weighted by atomic mass is 9.72. The molecule has 0 aliphatic heterocycles. The maximum atomic E-state index is 12.7. The van der Waals surface area contributed by atoms with E-state index >= 15 is 0 Å². The standard InChI is InChI=1S/C18H14O2/c1-20-16-10-9-15-17-12(7-4-8-14(16)17)11-5-2-3-6-13(11)18(15)19/h2-11,13H,1H3. The van der Waals surface area contributed by atoms with Gasteiger partial charge < -0.3 is 4.74 Å². The zero-order chi connectivity index (χ0) is 13.7. The molecular weight excluding hydrogens is 248 g/mol. The molecule has 0 spiro atoms. The molecule has 0 heterocycles. The number of methoxy groups -OCH3 is 1. The van der Waals surface area contributed by atoms with Crippen molar-refractivity contribution in [3.63, 3.8) is 0 Å². The van der Waals surface area contributed by atoms with Gasteiger partial charge in [-0.05, 0) is 17.7 Å². The monoisotopic (exact) mass is 262 g/mol. The third-order valence-electron chi connectivity index (χ3n) is 4.31. The fourth-order valence-electron chi connectivity index (χ4n) is 3.40. The molecule has 2 nitrogen and oxygen atoms in total. The highest BCUT2D eigenvalue weighted by atomic mass is 16.5. The average Bonchev–Trinajstić information content (AvgIpc) is 2.52. The second kappa shape index (κ2) is 4.07. The van der Waals surface area contributed by atoms with Crippen LogP contribution in [0.15, 0.2) is 54.6 Å². The predicted octanol–water partition coefficient (Wildman–Crippen LogP) is 3.87. The molecule has 2 atom stereocenters. The molecule has 2 aromatic carbocycles. The van der Waals surface area contributed by atoms with Gasteiger partial charge in [-0.1, -0.05) is 42.5 Å². The number of benzene rings is 2. The highest BCUT2D eigenvalue weighted by molar-refractivity contribution is 6.15. The minimum Gasteiger partial charge on any atom is -0.496 e. The van der Waals surface area contributed by atoms with Crippen LogP contribution in [0.25, 0.3) is 10.8 Å². The van der Waals surface area contributed by atoms with Gasteiger partial charge in [0.25, 0.3) is 0 Å². The molecule has 2 aliphatic carbocycles. The zero-order valence-corrected chi connectivity index (χ0v) is 11.2. The molecule has 2 aliphatic rings. The van der Waals surface area contributed by atoms with Gasteiger partial charge in [-0.2, -0.15) is 0 Å². The van der Waals surface area contributed by atoms with Crippen molar-refractivity contribution in [3.05, 3.63) is 65.8 Å². The predicted molar refractivity (Wildman–Crippen MR) is 79.3 cm³/mol. The van der Waals surface area contributed by atoms with E-state index in [0.29, 0.717) is 0 Å². The van der Waals surface area contributed by atoms with E-state index in [1.807, 2.05) is 42.5 Å². The molecule has 0 saturated heterocycles. The number of Topliss-reactive ketones (excluding diaryl/α,β-unsaturated/α-hetero) is 1. The third kappa shape index (κ3) is 1.36. The zero-order valence-electron chi connectivity index (χ0n) is 11.2. The van der Waals surface area contributed by atoms with Crippen LogP contribution in [0.1, 0.15) is 21.8 Å². The van der Waals surface area contributed by atoms with Crippen LogP contribution in [0.5, 0.6) is 5.75 Å². The topological polar surface area (TPSA) is 26.3 Å². The van der Waals surface area contributed by atoms with Gasteiger partial charge in [0, 0.05) is 22.3 Å². The number of carbonyl (C=O) groups is 1. The van der Waals surface area contributed by atoms with Gasteiger partial charge in [-0.15, -0.1) is 0 Å². The molecule has 0 aromatic heterocycles. The fourth-order valence-corrected chi connectivity index (χ4v) is 3.40. The highest BCUT2D eigenvalue weighted by Gasteiger charge is 2.35. The molecule has 0 bridgehead atoms. The lowest BCUT2D eigenvalue weighted by Gasteiger charge is -2.30. The molecule has 0 radical (unpaired) electrons. The summed E-state index contributed by atoms with van der Waals surface area (Å²) < 4.78 is 5.43. The first-order valence-electron chi connectivity index (χ1n) is 6.80. The van der Waals surface area contributed by atoms with Crippen LogP contribution in [0.2, 0.25) is 0 Å². The number of carbonyl (C=O) groups excluding carboxylic acids is 1. The first-order valence-corrected chi connectivity index (χ1v) is 6.80. The number of ether oxygens (including phenoxy) is 1. The highest BCUT2D eigenvalue weighted by Crippen LogP contribution is 2.44. The van der Waals surface area contributed by atoms with Gasteiger partial charge in [0.1, 0.15) is 5.75 Å². The molecule has 0 saturated carbocycles. The molecule has 98 valence electrons. The first-order chi connectivity index (χ1) is 9.81. The maximum absolute atomic E-state index is 12.7. The largest absolute Gasteiger partial charge is 0.496 e. The summed E-state index contributed by atoms with van der Waals surface area (Å²) in [5.74, 6) is 1.12. The van der Waals surface area contributed by atoms with Crippen LogP contribution in [-0.2, 0) is 0 Å². The van der Waals surface area contributed by atoms with Gasteiger partial charge in [0.15, 0.2) is 5.78 Å². The smallest absolute Gasteiger partial charge is 0.171 e. The van der Waals surface area contributed by atoms with Crippen molar-refractivity contribution in [2.24, 2.45) is 5.92 Å². The fraction of sp³-hybridized carbons (Fsp3) is 0.167. The number of fused-ring (bicyclic) bond motifs is 2. The van der Waals surface area contributed by atoms with Crippen LogP contribution in [0.3, 0.4) is 0 Å². The average molecular weight is 262 g/mol. The SMILES string of the molecule is COc1ccc2c3c(cccc13)C1C=CC=CC1C2=O. The summed E-state index contributed by atoms with van der Waals surface area (Å²) in [5.41, 5.74) is 2.04. The van der Waals surface area contributed by atoms with Gasteiger partial charge in [-0.3, -0.25) is 4.79 Å². The van der Waals surface area contributed by atoms with E-state index in [4.69, 9.17) is 4.74 Å². The Labute approximate surface area is 117 Å². The van der Waals surface area contributed by atoms with Crippen molar-refractivity contribution in [3.8, 4) is 5.75 Å². The van der Waals surface area contributed by atoms with Crippen molar-refractivity contribution >= 4 is 16.6 Å². The second-order valence-corrected chi connectivity index (χ2v) is 5.27. The molecular formula is C18H14O2. The van der Waals surface area contributed by atoms with E-state index in [-0.39, 0.29) is 17.6 Å². The molecule has 2 unspecified atom stereocenters. The van der Waals surface area contributed by atoms with Crippen molar-refractivity contribution in [1.82, 2.24) is 0 Å². The Hall–Kier alpha value is -2.35. The molecule has 2 aromatic rings. The Morgan fingerprint density at radius 2 is 1.80 bits per heavy atom. The van der Waals surface area contributed by atoms with Crippen LogP contribution in [0, 0.1) is 5.92 Å². The maximum Gasteiger partial charge on any atom is 0.171 e. The Kier molecular flexibility index (Phi) is 2.34. The van der Waals surface area contributed by atoms with E-state index in [9.17, 15) is 4.79 Å². The van der Waals surface area contributed by atoms with Gasteiger partial charge in [-0.25, -0.2) is 0 Å². The molecule has 4 rings (SSSR count). The summed E-state index contributed by atoms with van der Waals surface area (Å²) in [6, 6.07) is 9.98. The Balaban J connectivity index is 2.12. The van der Waals surface area contributed by atoms with E-state index in [1.54, 1.807) is 7.11 Å². The van der Waals surface area contributed by atoms with Crippen molar-refractivity contribution in [2.75, 3.05) is 7.11 Å². The van der Waals surface area contributed by atoms with Crippen LogP contribution in [-0.4, -0.2) is 12.9 Å². The van der Waals surface area contributed by atoms with Crippen molar-refractivity contribution < 1.29 is 9.53 Å². The minimum atomic E-state index is -0.0634. The molecule has 2 heteroatoms. The first kappa shape index (κ1) is 11.5. The van der Waals surface area contributed by atoms with Gasteiger partial charge in [0.2, 0.25) is 0 Å². The van der Waals surface area contributed by atoms with Crippen molar-refractivity contribution in [2.45, 2.75) is 5.92 Å². The minimum absolute atomic E-state index is 0.0634. The van der Waals surface area contributed by atoms with Crippen LogP contribution in [0.4, 0.5) is 0 Å². The molecule has 0 fully saturated rings. The molecule has 20 heavy (non-hydrogen) atoms. The Morgan fingerprint density at radius 1 is 1.00 bits per heavy atom.